The van der Waals surface area contributed by atoms with E-state index in [1.807, 2.05) is 0 Å². The molecule has 0 spiro atoms. The molecule has 0 aromatic carbocycles. The molecule has 0 radical (unpaired) electrons. The highest BCUT2D eigenvalue weighted by Gasteiger charge is 2.42. The van der Waals surface area contributed by atoms with Crippen LogP contribution in [0.1, 0.15) is 39.0 Å². The first-order chi connectivity index (χ1) is 6.92. The number of primary amides is 1. The van der Waals surface area contributed by atoms with Crippen LogP contribution in [0.5, 0.6) is 0 Å². The lowest BCUT2D eigenvalue weighted by Gasteiger charge is -2.32. The largest absolute Gasteiger partial charge is 0.367 e. The molecule has 88 valence electrons. The number of hydrogen-bond donors (Lipinski definition) is 1. The van der Waals surface area contributed by atoms with Crippen molar-refractivity contribution in [2.45, 2.75) is 44.6 Å². The molecule has 0 atom stereocenters. The fraction of sp³-hybridized carbons (Fsp3) is 0.889. The Balaban J connectivity index is 2.87. The van der Waals surface area contributed by atoms with Crippen LogP contribution < -0.4 is 5.73 Å². The first-order valence-electron chi connectivity index (χ1n) is 5.15. The van der Waals surface area contributed by atoms with Gasteiger partial charge >= 0.3 is 0 Å². The lowest BCUT2D eigenvalue weighted by molar-refractivity contribution is -0.135. The molecule has 0 bridgehead atoms. The van der Waals surface area contributed by atoms with Gasteiger partial charge in [-0.1, -0.05) is 6.42 Å². The SMILES string of the molecule is CCS(=O)(=O)OC1(C(N)=O)CCCCC1. The molecule has 5 nitrogen and oxygen atoms in total. The molecule has 1 rings (SSSR count). The number of carbonyl (C=O) groups excluding carboxylic acids is 1. The average molecular weight is 235 g/mol. The third-order valence-electron chi connectivity index (χ3n) is 2.75. The molecule has 0 saturated heterocycles. The molecule has 0 aliphatic heterocycles. The summed E-state index contributed by atoms with van der Waals surface area (Å²) in [4.78, 5) is 11.3. The van der Waals surface area contributed by atoms with Gasteiger partial charge in [-0.2, -0.15) is 8.42 Å². The second-order valence-electron chi connectivity index (χ2n) is 3.85. The van der Waals surface area contributed by atoms with Gasteiger partial charge in [0.25, 0.3) is 16.0 Å². The summed E-state index contributed by atoms with van der Waals surface area (Å²) in [5.74, 6) is -0.804. The topological polar surface area (TPSA) is 86.5 Å². The minimum Gasteiger partial charge on any atom is -0.367 e. The third-order valence-corrected chi connectivity index (χ3v) is 4.03. The molecule has 1 fully saturated rings. The van der Waals surface area contributed by atoms with Crippen molar-refractivity contribution in [2.24, 2.45) is 5.73 Å². The maximum Gasteiger partial charge on any atom is 0.268 e. The van der Waals surface area contributed by atoms with Crippen molar-refractivity contribution in [3.05, 3.63) is 0 Å². The molecule has 1 amide bonds. The summed E-state index contributed by atoms with van der Waals surface area (Å²) in [5, 5.41) is 0. The summed E-state index contributed by atoms with van der Waals surface area (Å²) in [7, 11) is -3.62. The Kier molecular flexibility index (Phi) is 3.72. The summed E-state index contributed by atoms with van der Waals surface area (Å²) in [6.07, 6.45) is 3.36. The molecule has 1 aliphatic rings. The van der Waals surface area contributed by atoms with Gasteiger partial charge in [0.1, 0.15) is 0 Å². The quantitative estimate of drug-likeness (QED) is 0.720. The van der Waals surface area contributed by atoms with Crippen molar-refractivity contribution in [1.82, 2.24) is 0 Å². The summed E-state index contributed by atoms with van der Waals surface area (Å²) >= 11 is 0. The molecule has 6 heteroatoms. The van der Waals surface area contributed by atoms with Crippen LogP contribution in [0.2, 0.25) is 0 Å². The van der Waals surface area contributed by atoms with E-state index in [1.165, 1.54) is 6.92 Å². The van der Waals surface area contributed by atoms with Crippen LogP contribution in [-0.4, -0.2) is 25.7 Å². The minimum absolute atomic E-state index is 0.137. The van der Waals surface area contributed by atoms with Gasteiger partial charge in [0.05, 0.1) is 5.75 Å². The highest BCUT2D eigenvalue weighted by atomic mass is 32.2. The highest BCUT2D eigenvalue weighted by Crippen LogP contribution is 2.32. The van der Waals surface area contributed by atoms with Crippen LogP contribution in [0, 0.1) is 0 Å². The zero-order chi connectivity index (χ0) is 11.5. The van der Waals surface area contributed by atoms with Crippen LogP contribution in [0.25, 0.3) is 0 Å². The Bertz CT molecular complexity index is 330. The molecule has 0 heterocycles. The van der Waals surface area contributed by atoms with E-state index >= 15 is 0 Å². The van der Waals surface area contributed by atoms with Crippen molar-refractivity contribution in [1.29, 1.82) is 0 Å². The average Bonchev–Trinajstić information content (AvgIpc) is 2.18. The van der Waals surface area contributed by atoms with Gasteiger partial charge in [-0.05, 0) is 32.6 Å². The standard InChI is InChI=1S/C9H17NO4S/c1-2-15(12,13)14-9(8(10)11)6-4-3-5-7-9/h2-7H2,1H3,(H2,10,11). The van der Waals surface area contributed by atoms with Gasteiger partial charge in [0, 0.05) is 0 Å². The van der Waals surface area contributed by atoms with Crippen molar-refractivity contribution in [3.63, 3.8) is 0 Å². The fourth-order valence-electron chi connectivity index (χ4n) is 1.80. The molecular formula is C9H17NO4S. The van der Waals surface area contributed by atoms with E-state index in [1.54, 1.807) is 0 Å². The normalized spacial score (nSPS) is 21.1. The van der Waals surface area contributed by atoms with Gasteiger partial charge in [-0.25, -0.2) is 0 Å². The zero-order valence-electron chi connectivity index (χ0n) is 8.86. The summed E-state index contributed by atoms with van der Waals surface area (Å²) < 4.78 is 27.7. The Hall–Kier alpha value is -0.620. The van der Waals surface area contributed by atoms with Crippen molar-refractivity contribution in [3.8, 4) is 0 Å². The predicted molar refractivity (Wildman–Crippen MR) is 55.6 cm³/mol. The fourth-order valence-corrected chi connectivity index (χ4v) is 2.65. The van der Waals surface area contributed by atoms with Crippen LogP contribution in [0.3, 0.4) is 0 Å². The Morgan fingerprint density at radius 1 is 1.33 bits per heavy atom. The van der Waals surface area contributed by atoms with Crippen molar-refractivity contribution < 1.29 is 17.4 Å². The lowest BCUT2D eigenvalue weighted by atomic mass is 9.84. The van der Waals surface area contributed by atoms with Gasteiger partial charge in [0.2, 0.25) is 0 Å². The smallest absolute Gasteiger partial charge is 0.268 e. The molecule has 1 aliphatic carbocycles. The Morgan fingerprint density at radius 2 is 1.87 bits per heavy atom. The van der Waals surface area contributed by atoms with Crippen molar-refractivity contribution in [2.75, 3.05) is 5.75 Å². The molecule has 2 N–H and O–H groups in total. The van der Waals surface area contributed by atoms with Crippen LogP contribution in [-0.2, 0) is 19.1 Å². The molecule has 0 aromatic rings. The van der Waals surface area contributed by atoms with E-state index in [2.05, 4.69) is 0 Å². The predicted octanol–water partition coefficient (Wildman–Crippen LogP) is 0.541. The number of rotatable bonds is 4. The van der Waals surface area contributed by atoms with Gasteiger partial charge in [0.15, 0.2) is 5.60 Å². The summed E-state index contributed by atoms with van der Waals surface area (Å²) in [5.41, 5.74) is 3.95. The lowest BCUT2D eigenvalue weighted by Crippen LogP contribution is -2.49. The van der Waals surface area contributed by atoms with Crippen molar-refractivity contribution >= 4 is 16.0 Å². The first kappa shape index (κ1) is 12.4. The maximum atomic E-state index is 11.3. The third kappa shape index (κ3) is 2.92. The number of nitrogens with two attached hydrogens (primary N) is 1. The van der Waals surface area contributed by atoms with Crippen LogP contribution in [0.15, 0.2) is 0 Å². The zero-order valence-corrected chi connectivity index (χ0v) is 9.68. The van der Waals surface area contributed by atoms with E-state index in [9.17, 15) is 13.2 Å². The summed E-state index contributed by atoms with van der Waals surface area (Å²) in [6.45, 7) is 1.48. The Morgan fingerprint density at radius 3 is 2.27 bits per heavy atom. The number of carbonyl (C=O) groups is 1. The van der Waals surface area contributed by atoms with E-state index in [0.717, 1.165) is 19.3 Å². The molecule has 0 unspecified atom stereocenters. The van der Waals surface area contributed by atoms with E-state index in [4.69, 9.17) is 9.92 Å². The minimum atomic E-state index is -3.62. The summed E-state index contributed by atoms with van der Waals surface area (Å²) in [6, 6.07) is 0. The van der Waals surface area contributed by atoms with Crippen LogP contribution >= 0.6 is 0 Å². The van der Waals surface area contributed by atoms with Gasteiger partial charge < -0.3 is 5.73 Å². The second kappa shape index (κ2) is 4.49. The molecule has 1 saturated carbocycles. The number of hydrogen-bond acceptors (Lipinski definition) is 4. The van der Waals surface area contributed by atoms with Gasteiger partial charge in [-0.3, -0.25) is 8.98 Å². The van der Waals surface area contributed by atoms with Gasteiger partial charge in [-0.15, -0.1) is 0 Å². The van der Waals surface area contributed by atoms with E-state index in [0.29, 0.717) is 12.8 Å². The molecule has 0 aromatic heterocycles. The van der Waals surface area contributed by atoms with E-state index in [-0.39, 0.29) is 5.75 Å². The van der Waals surface area contributed by atoms with Crippen LogP contribution in [0.4, 0.5) is 0 Å². The monoisotopic (exact) mass is 235 g/mol. The second-order valence-corrected chi connectivity index (χ2v) is 5.71. The Labute approximate surface area is 90.1 Å². The van der Waals surface area contributed by atoms with E-state index < -0.39 is 21.6 Å². The highest BCUT2D eigenvalue weighted by molar-refractivity contribution is 7.86. The molecule has 15 heavy (non-hydrogen) atoms. The first-order valence-corrected chi connectivity index (χ1v) is 6.73. The number of amides is 1. The maximum absolute atomic E-state index is 11.3. The molecular weight excluding hydrogens is 218 g/mol.